The normalized spacial score (nSPS) is 11.6. The molecule has 0 atom stereocenters. The van der Waals surface area contributed by atoms with Crippen molar-refractivity contribution < 1.29 is 18.0 Å². The van der Waals surface area contributed by atoms with Gasteiger partial charge < -0.3 is 10.6 Å². The number of nitriles is 1. The van der Waals surface area contributed by atoms with Gasteiger partial charge in [-0.05, 0) is 29.3 Å². The summed E-state index contributed by atoms with van der Waals surface area (Å²) < 4.78 is 38.6. The van der Waals surface area contributed by atoms with Crippen molar-refractivity contribution in [2.45, 2.75) is 12.2 Å². The van der Waals surface area contributed by atoms with Gasteiger partial charge in [0, 0.05) is 11.9 Å². The molecular formula is C24H18F3N3O. The molecule has 0 fully saturated rings. The number of halogens is 3. The van der Waals surface area contributed by atoms with Crippen LogP contribution in [0.3, 0.4) is 0 Å². The maximum atomic E-state index is 12.9. The lowest BCUT2D eigenvalue weighted by Gasteiger charge is -2.19. The molecule has 1 amide bonds. The third-order valence-corrected chi connectivity index (χ3v) is 4.47. The number of alkyl halides is 3. The number of hydrogen-bond acceptors (Lipinski definition) is 3. The van der Waals surface area contributed by atoms with Crippen LogP contribution in [0.1, 0.15) is 22.7 Å². The minimum absolute atomic E-state index is 0.0522. The van der Waals surface area contributed by atoms with E-state index in [2.05, 4.69) is 10.6 Å². The lowest BCUT2D eigenvalue weighted by atomic mass is 9.99. The fourth-order valence-electron chi connectivity index (χ4n) is 2.96. The highest BCUT2D eigenvalue weighted by Gasteiger charge is 2.30. The molecule has 0 aromatic heterocycles. The van der Waals surface area contributed by atoms with Crippen molar-refractivity contribution in [2.75, 3.05) is 5.32 Å². The van der Waals surface area contributed by atoms with Crippen molar-refractivity contribution >= 4 is 11.6 Å². The van der Waals surface area contributed by atoms with Gasteiger partial charge in [-0.3, -0.25) is 4.79 Å². The summed E-state index contributed by atoms with van der Waals surface area (Å²) >= 11 is 0. The van der Waals surface area contributed by atoms with Crippen molar-refractivity contribution in [2.24, 2.45) is 0 Å². The predicted molar refractivity (Wildman–Crippen MR) is 112 cm³/mol. The lowest BCUT2D eigenvalue weighted by molar-refractivity contribution is -0.137. The molecule has 0 radical (unpaired) electrons. The smallest absolute Gasteiger partial charge is 0.379 e. The molecule has 3 aromatic carbocycles. The molecule has 3 rings (SSSR count). The van der Waals surface area contributed by atoms with Gasteiger partial charge >= 0.3 is 6.18 Å². The fourth-order valence-corrected chi connectivity index (χ4v) is 2.96. The van der Waals surface area contributed by atoms with Crippen LogP contribution in [-0.2, 0) is 11.0 Å². The average molecular weight is 421 g/mol. The maximum Gasteiger partial charge on any atom is 0.416 e. The molecule has 0 spiro atoms. The number of hydrogen-bond donors (Lipinski definition) is 2. The molecule has 156 valence electrons. The van der Waals surface area contributed by atoms with Gasteiger partial charge in [0.2, 0.25) is 0 Å². The molecule has 0 saturated carbocycles. The Morgan fingerprint density at radius 2 is 1.48 bits per heavy atom. The van der Waals surface area contributed by atoms with Crippen LogP contribution in [-0.4, -0.2) is 5.91 Å². The fraction of sp³-hybridized carbons (Fsp3) is 0.0833. The molecule has 0 unspecified atom stereocenters. The monoisotopic (exact) mass is 421 g/mol. The molecule has 0 aliphatic heterocycles. The van der Waals surface area contributed by atoms with Crippen LogP contribution in [0.4, 0.5) is 18.9 Å². The minimum Gasteiger partial charge on any atom is -0.379 e. The number of benzene rings is 3. The number of nitrogens with zero attached hydrogens (tertiary/aromatic N) is 1. The molecule has 2 N–H and O–H groups in total. The highest BCUT2D eigenvalue weighted by atomic mass is 19.4. The Bertz CT molecular complexity index is 1060. The Balaban J connectivity index is 1.81. The Labute approximate surface area is 177 Å². The van der Waals surface area contributed by atoms with Crippen LogP contribution in [0.2, 0.25) is 0 Å². The van der Waals surface area contributed by atoms with Gasteiger partial charge in [0.05, 0.1) is 11.6 Å². The van der Waals surface area contributed by atoms with E-state index in [1.807, 2.05) is 60.7 Å². The second kappa shape index (κ2) is 9.63. The van der Waals surface area contributed by atoms with Crippen LogP contribution >= 0.6 is 0 Å². The van der Waals surface area contributed by atoms with E-state index in [1.54, 1.807) is 6.07 Å². The predicted octanol–water partition coefficient (Wildman–Crippen LogP) is 5.43. The van der Waals surface area contributed by atoms with Crippen molar-refractivity contribution in [3.8, 4) is 6.07 Å². The second-order valence-corrected chi connectivity index (χ2v) is 6.62. The number of amides is 1. The van der Waals surface area contributed by atoms with E-state index in [-0.39, 0.29) is 17.3 Å². The van der Waals surface area contributed by atoms with Crippen molar-refractivity contribution in [1.82, 2.24) is 5.32 Å². The van der Waals surface area contributed by atoms with Crippen LogP contribution in [0.25, 0.3) is 0 Å². The van der Waals surface area contributed by atoms with E-state index in [1.165, 1.54) is 18.3 Å². The summed E-state index contributed by atoms with van der Waals surface area (Å²) in [6, 6.07) is 24.6. The SMILES string of the molecule is N#C/C(=C/NC(c1ccccc1)c1ccccc1)C(=O)Nc1cccc(C(F)(F)F)c1. The number of carbonyl (C=O) groups excluding carboxylic acids is 1. The standard InChI is InChI=1S/C24H18F3N3O/c25-24(26,27)20-12-7-13-21(14-20)30-23(31)19(15-28)16-29-22(17-8-3-1-4-9-17)18-10-5-2-6-11-18/h1-14,16,22,29H,(H,30,31)/b19-16-. The first-order valence-electron chi connectivity index (χ1n) is 9.33. The second-order valence-electron chi connectivity index (χ2n) is 6.62. The molecule has 0 aliphatic rings. The number of rotatable bonds is 6. The Morgan fingerprint density at radius 1 is 0.903 bits per heavy atom. The van der Waals surface area contributed by atoms with Gasteiger partial charge in [-0.1, -0.05) is 66.7 Å². The van der Waals surface area contributed by atoms with Crippen LogP contribution in [0.15, 0.2) is 96.7 Å². The minimum atomic E-state index is -4.53. The first kappa shape index (κ1) is 21.7. The van der Waals surface area contributed by atoms with Crippen LogP contribution < -0.4 is 10.6 Å². The van der Waals surface area contributed by atoms with Crippen LogP contribution in [0.5, 0.6) is 0 Å². The Morgan fingerprint density at radius 3 is 2.00 bits per heavy atom. The number of nitrogens with one attached hydrogen (secondary N) is 2. The molecule has 7 heteroatoms. The van der Waals surface area contributed by atoms with Gasteiger partial charge in [-0.2, -0.15) is 18.4 Å². The van der Waals surface area contributed by atoms with E-state index < -0.39 is 17.6 Å². The van der Waals surface area contributed by atoms with Crippen molar-refractivity contribution in [1.29, 1.82) is 5.26 Å². The topological polar surface area (TPSA) is 64.9 Å². The zero-order valence-corrected chi connectivity index (χ0v) is 16.2. The third kappa shape index (κ3) is 5.73. The van der Waals surface area contributed by atoms with Gasteiger partial charge in [-0.25, -0.2) is 0 Å². The summed E-state index contributed by atoms with van der Waals surface area (Å²) in [5.41, 5.74) is 0.623. The molecule has 3 aromatic rings. The maximum absolute atomic E-state index is 12.9. The van der Waals surface area contributed by atoms with Gasteiger partial charge in [0.25, 0.3) is 5.91 Å². The van der Waals surface area contributed by atoms with E-state index in [9.17, 15) is 23.2 Å². The molecule has 31 heavy (non-hydrogen) atoms. The lowest BCUT2D eigenvalue weighted by Crippen LogP contribution is -2.21. The van der Waals surface area contributed by atoms with E-state index in [0.29, 0.717) is 0 Å². The Kier molecular flexibility index (Phi) is 6.73. The summed E-state index contributed by atoms with van der Waals surface area (Å²) in [5.74, 6) is -0.811. The Hall–Kier alpha value is -4.05. The molecule has 0 saturated heterocycles. The quantitative estimate of drug-likeness (QED) is 0.412. The van der Waals surface area contributed by atoms with E-state index >= 15 is 0 Å². The summed E-state index contributed by atoms with van der Waals surface area (Å²) in [6.45, 7) is 0. The van der Waals surface area contributed by atoms with Crippen LogP contribution in [0, 0.1) is 11.3 Å². The average Bonchev–Trinajstić information content (AvgIpc) is 2.77. The number of anilines is 1. The summed E-state index contributed by atoms with van der Waals surface area (Å²) in [4.78, 5) is 12.5. The van der Waals surface area contributed by atoms with E-state index in [4.69, 9.17) is 0 Å². The van der Waals surface area contributed by atoms with Gasteiger partial charge in [0.15, 0.2) is 0 Å². The zero-order chi connectivity index (χ0) is 22.3. The molecule has 0 bridgehead atoms. The molecule has 4 nitrogen and oxygen atoms in total. The molecule has 0 heterocycles. The zero-order valence-electron chi connectivity index (χ0n) is 16.2. The molecular weight excluding hydrogens is 403 g/mol. The first-order valence-corrected chi connectivity index (χ1v) is 9.33. The first-order chi connectivity index (χ1) is 14.9. The summed E-state index contributed by atoms with van der Waals surface area (Å²) in [7, 11) is 0. The number of carbonyl (C=O) groups is 1. The van der Waals surface area contributed by atoms with Gasteiger partial charge in [-0.15, -0.1) is 0 Å². The molecule has 0 aliphatic carbocycles. The van der Waals surface area contributed by atoms with Crippen molar-refractivity contribution in [3.05, 3.63) is 113 Å². The summed E-state index contributed by atoms with van der Waals surface area (Å²) in [6.07, 6.45) is -3.26. The van der Waals surface area contributed by atoms with Crippen molar-refractivity contribution in [3.63, 3.8) is 0 Å². The van der Waals surface area contributed by atoms with Gasteiger partial charge in [0.1, 0.15) is 11.6 Å². The third-order valence-electron chi connectivity index (χ3n) is 4.47. The highest BCUT2D eigenvalue weighted by molar-refractivity contribution is 6.06. The summed E-state index contributed by atoms with van der Waals surface area (Å²) in [5, 5.41) is 14.8. The highest BCUT2D eigenvalue weighted by Crippen LogP contribution is 2.30. The van der Waals surface area contributed by atoms with E-state index in [0.717, 1.165) is 23.3 Å². The largest absolute Gasteiger partial charge is 0.416 e.